The monoisotopic (exact) mass is 579 g/mol. The number of nitriles is 1. The average molecular weight is 580 g/mol. The number of thiazole rings is 1. The second-order valence-electron chi connectivity index (χ2n) is 10.0. The molecule has 2 fully saturated rings. The van der Waals surface area contributed by atoms with Gasteiger partial charge in [-0.3, -0.25) is 15.2 Å². The van der Waals surface area contributed by atoms with Crippen molar-refractivity contribution in [1.82, 2.24) is 30.5 Å². The van der Waals surface area contributed by atoms with E-state index in [1.165, 1.54) is 29.7 Å². The number of nitrogens with zero attached hydrogens (tertiary/aromatic N) is 7. The number of anilines is 1. The van der Waals surface area contributed by atoms with Crippen LogP contribution in [0.15, 0.2) is 53.6 Å². The Morgan fingerprint density at radius 3 is 2.46 bits per heavy atom. The molecule has 10 nitrogen and oxygen atoms in total. The summed E-state index contributed by atoms with van der Waals surface area (Å²) in [7, 11) is 5.63. The van der Waals surface area contributed by atoms with Gasteiger partial charge in [-0.05, 0) is 49.9 Å². The molecule has 2 N–H and O–H groups in total. The van der Waals surface area contributed by atoms with Gasteiger partial charge in [0, 0.05) is 65.0 Å². The number of aliphatic imine (C=N–C) groups is 1. The summed E-state index contributed by atoms with van der Waals surface area (Å²) in [5.74, 6) is 1.51. The van der Waals surface area contributed by atoms with Crippen LogP contribution in [0, 0.1) is 23.1 Å². The lowest BCUT2D eigenvalue weighted by Crippen LogP contribution is -2.53. The Kier molecular flexibility index (Phi) is 9.83. The van der Waals surface area contributed by atoms with Crippen LogP contribution >= 0.6 is 11.3 Å². The number of likely N-dealkylation sites (tertiary alicyclic amines) is 2. The number of benzene rings is 1. The number of hydrazine groups is 1. The maximum absolute atomic E-state index is 13.5. The van der Waals surface area contributed by atoms with Crippen LogP contribution in [0.4, 0.5) is 9.52 Å². The molecular weight excluding hydrogens is 541 g/mol. The van der Waals surface area contributed by atoms with E-state index < -0.39 is 0 Å². The van der Waals surface area contributed by atoms with Crippen LogP contribution in [-0.4, -0.2) is 79.0 Å². The Bertz CT molecular complexity index is 1330. The molecule has 218 valence electrons. The van der Waals surface area contributed by atoms with E-state index in [4.69, 9.17) is 4.98 Å². The zero-order chi connectivity index (χ0) is 29.5. The first-order valence-corrected chi connectivity index (χ1v) is 14.7. The van der Waals surface area contributed by atoms with E-state index in [1.54, 1.807) is 12.1 Å². The molecular formula is C29H38FN9OS. The SMILES string of the molecule is C=CN=C(N1CCC(C(=O)N2CCC2)CC1)N(C)N/C(CC)=C(\NC)N(C)c1nc(-c2ccc(F)cc2)c(C#N)s1. The smallest absolute Gasteiger partial charge is 0.225 e. The molecule has 2 aliphatic heterocycles. The molecule has 0 aliphatic carbocycles. The Hall–Kier alpha value is -4.11. The van der Waals surface area contributed by atoms with Gasteiger partial charge in [-0.25, -0.2) is 14.4 Å². The molecule has 0 spiro atoms. The summed E-state index contributed by atoms with van der Waals surface area (Å²) in [6.07, 6.45) is 4.89. The van der Waals surface area contributed by atoms with Crippen molar-refractivity contribution < 1.29 is 9.18 Å². The molecule has 1 aromatic heterocycles. The summed E-state index contributed by atoms with van der Waals surface area (Å²) >= 11 is 1.27. The number of guanidine groups is 1. The summed E-state index contributed by atoms with van der Waals surface area (Å²) < 4.78 is 13.5. The first-order valence-electron chi connectivity index (χ1n) is 13.9. The summed E-state index contributed by atoms with van der Waals surface area (Å²) in [5, 5.41) is 15.5. The van der Waals surface area contributed by atoms with E-state index >= 15 is 0 Å². The van der Waals surface area contributed by atoms with Crippen molar-refractivity contribution in [1.29, 1.82) is 5.26 Å². The van der Waals surface area contributed by atoms with E-state index in [2.05, 4.69) is 33.3 Å². The van der Waals surface area contributed by atoms with Crippen LogP contribution in [-0.2, 0) is 4.79 Å². The van der Waals surface area contributed by atoms with Gasteiger partial charge >= 0.3 is 0 Å². The quantitative estimate of drug-likeness (QED) is 0.262. The molecule has 12 heteroatoms. The van der Waals surface area contributed by atoms with E-state index in [-0.39, 0.29) is 17.6 Å². The van der Waals surface area contributed by atoms with Crippen molar-refractivity contribution in [2.75, 3.05) is 52.2 Å². The fourth-order valence-corrected chi connectivity index (χ4v) is 5.94. The minimum Gasteiger partial charge on any atom is -0.373 e. The van der Waals surface area contributed by atoms with Gasteiger partial charge in [-0.2, -0.15) is 5.26 Å². The molecule has 2 aromatic rings. The number of carbonyl (C=O) groups is 1. The molecule has 1 amide bonds. The standard InChI is InChI=1S/C29H38FN9OS/c1-6-23(26(32-3)36(4)29-34-25(24(19-31)41-29)20-9-11-22(30)12-10-20)35-37(5)28(33-7-2)39-17-13-21(14-18-39)27(40)38-15-8-16-38/h7,9-12,21,32,35H,2,6,8,13-18H2,1,3-5H3/b26-23+,33-28?. The second kappa shape index (κ2) is 13.5. The van der Waals surface area contributed by atoms with Crippen molar-refractivity contribution in [2.45, 2.75) is 32.6 Å². The first-order chi connectivity index (χ1) is 19.8. The summed E-state index contributed by atoms with van der Waals surface area (Å²) in [6, 6.07) is 8.21. The van der Waals surface area contributed by atoms with Gasteiger partial charge in [-0.1, -0.05) is 24.8 Å². The van der Waals surface area contributed by atoms with Crippen LogP contribution in [0.5, 0.6) is 0 Å². The molecule has 4 rings (SSSR count). The van der Waals surface area contributed by atoms with Crippen LogP contribution in [0.1, 0.15) is 37.5 Å². The number of amides is 1. The number of rotatable bonds is 9. The summed E-state index contributed by atoms with van der Waals surface area (Å²) in [4.78, 5) is 28.5. The van der Waals surface area contributed by atoms with Crippen LogP contribution < -0.4 is 15.6 Å². The van der Waals surface area contributed by atoms with Gasteiger partial charge < -0.3 is 20.0 Å². The zero-order valence-corrected chi connectivity index (χ0v) is 25.0. The van der Waals surface area contributed by atoms with Gasteiger partial charge in [-0.15, -0.1) is 0 Å². The number of carbonyl (C=O) groups excluding carboxylic acids is 1. The topological polar surface area (TPSA) is 103 Å². The van der Waals surface area contributed by atoms with Crippen molar-refractivity contribution >= 4 is 28.3 Å². The number of hydrogen-bond donors (Lipinski definition) is 2. The molecule has 2 saturated heterocycles. The number of hydrogen-bond acceptors (Lipinski definition) is 8. The van der Waals surface area contributed by atoms with Crippen LogP contribution in [0.3, 0.4) is 0 Å². The molecule has 0 atom stereocenters. The number of piperidine rings is 1. The minimum atomic E-state index is -0.341. The lowest BCUT2D eigenvalue weighted by molar-refractivity contribution is -0.140. The maximum atomic E-state index is 13.5. The number of allylic oxidation sites excluding steroid dienone is 1. The van der Waals surface area contributed by atoms with Gasteiger partial charge in [0.15, 0.2) is 5.13 Å². The fourth-order valence-electron chi connectivity index (χ4n) is 5.08. The normalized spacial score (nSPS) is 16.3. The van der Waals surface area contributed by atoms with Gasteiger partial charge in [0.25, 0.3) is 0 Å². The minimum absolute atomic E-state index is 0.0711. The van der Waals surface area contributed by atoms with E-state index in [1.807, 2.05) is 42.9 Å². The van der Waals surface area contributed by atoms with E-state index in [0.29, 0.717) is 27.7 Å². The van der Waals surface area contributed by atoms with Crippen molar-refractivity contribution in [3.8, 4) is 17.3 Å². The average Bonchev–Trinajstić information content (AvgIpc) is 3.39. The zero-order valence-electron chi connectivity index (χ0n) is 24.2. The highest BCUT2D eigenvalue weighted by atomic mass is 32.1. The largest absolute Gasteiger partial charge is 0.373 e. The van der Waals surface area contributed by atoms with E-state index in [0.717, 1.165) is 62.9 Å². The van der Waals surface area contributed by atoms with Crippen LogP contribution in [0.25, 0.3) is 11.3 Å². The van der Waals surface area contributed by atoms with Gasteiger partial charge in [0.1, 0.15) is 28.3 Å². The van der Waals surface area contributed by atoms with Crippen molar-refractivity contribution in [3.05, 3.63) is 59.3 Å². The maximum Gasteiger partial charge on any atom is 0.225 e. The first kappa shape index (κ1) is 29.9. The third-order valence-corrected chi connectivity index (χ3v) is 8.47. The Balaban J connectivity index is 1.51. The lowest BCUT2D eigenvalue weighted by atomic mass is 9.94. The van der Waals surface area contributed by atoms with Gasteiger partial charge in [0.2, 0.25) is 11.9 Å². The summed E-state index contributed by atoms with van der Waals surface area (Å²) in [6.45, 7) is 9.09. The molecule has 2 aliphatic rings. The Morgan fingerprint density at radius 1 is 1.24 bits per heavy atom. The Labute approximate surface area is 245 Å². The number of aromatic nitrogens is 1. The molecule has 3 heterocycles. The fraction of sp³-hybridized carbons (Fsp3) is 0.448. The molecule has 0 bridgehead atoms. The molecule has 0 radical (unpaired) electrons. The predicted octanol–water partition coefficient (Wildman–Crippen LogP) is 3.94. The predicted molar refractivity (Wildman–Crippen MR) is 161 cm³/mol. The highest BCUT2D eigenvalue weighted by molar-refractivity contribution is 7.16. The molecule has 41 heavy (non-hydrogen) atoms. The van der Waals surface area contributed by atoms with Crippen LogP contribution in [0.2, 0.25) is 0 Å². The highest BCUT2D eigenvalue weighted by Crippen LogP contribution is 2.33. The highest BCUT2D eigenvalue weighted by Gasteiger charge is 2.32. The van der Waals surface area contributed by atoms with Crippen molar-refractivity contribution in [3.63, 3.8) is 0 Å². The summed E-state index contributed by atoms with van der Waals surface area (Å²) in [5.41, 5.74) is 5.57. The van der Waals surface area contributed by atoms with Crippen molar-refractivity contribution in [2.24, 2.45) is 10.9 Å². The number of nitrogens with one attached hydrogen (secondary N) is 2. The second-order valence-corrected chi connectivity index (χ2v) is 11.0. The number of halogens is 1. The lowest BCUT2D eigenvalue weighted by Gasteiger charge is -2.40. The third-order valence-electron chi connectivity index (χ3n) is 7.44. The van der Waals surface area contributed by atoms with Gasteiger partial charge in [0.05, 0.1) is 5.70 Å². The molecule has 1 aromatic carbocycles. The van der Waals surface area contributed by atoms with E-state index in [9.17, 15) is 14.4 Å². The Morgan fingerprint density at radius 2 is 1.93 bits per heavy atom. The molecule has 0 unspecified atom stereocenters. The molecule has 0 saturated carbocycles. The third kappa shape index (κ3) is 6.62.